The van der Waals surface area contributed by atoms with Gasteiger partial charge < -0.3 is 24.8 Å². The van der Waals surface area contributed by atoms with Gasteiger partial charge in [0.25, 0.3) is 0 Å². The summed E-state index contributed by atoms with van der Waals surface area (Å²) in [4.78, 5) is 18.8. The molecule has 2 N–H and O–H groups in total. The summed E-state index contributed by atoms with van der Waals surface area (Å²) in [5, 5.41) is 7.69. The largest absolute Gasteiger partial charge is 0.494 e. The van der Waals surface area contributed by atoms with Gasteiger partial charge in [0.15, 0.2) is 5.11 Å². The average Bonchev–Trinajstić information content (AvgIpc) is 3.43. The molecule has 1 fully saturated rings. The lowest BCUT2D eigenvalue weighted by Crippen LogP contribution is -2.29. The van der Waals surface area contributed by atoms with Crippen LogP contribution < -0.4 is 20.3 Å². The molecule has 0 radical (unpaired) electrons. The fraction of sp³-hybridized carbons (Fsp3) is 0.233. The van der Waals surface area contributed by atoms with Crippen LogP contribution in [0.2, 0.25) is 5.02 Å². The third-order valence-corrected chi connectivity index (χ3v) is 7.56. The highest BCUT2D eigenvalue weighted by Gasteiger charge is 2.42. The standard InChI is InChI=1S/C30H30ClN5O2S/c1-5-27(37)33-24-13-12-22(17-26(24)38-4)36-29(28(34-30(36)39)25-11-6-7-14-32-25)23-15-18(2)35(19(23)3)21-10-8-9-20(31)16-21/h6-17,28-29H,5H2,1-4H3,(H,33,37)(H,34,39)/t28-,29+/m1/s1. The molecule has 1 aliphatic rings. The molecule has 39 heavy (non-hydrogen) atoms. The molecule has 1 saturated heterocycles. The Kier molecular flexibility index (Phi) is 7.59. The van der Waals surface area contributed by atoms with Gasteiger partial charge in [-0.15, -0.1) is 0 Å². The fourth-order valence-electron chi connectivity index (χ4n) is 5.22. The van der Waals surface area contributed by atoms with Crippen LogP contribution in [0.4, 0.5) is 11.4 Å². The Morgan fingerprint density at radius 1 is 1.10 bits per heavy atom. The quantitative estimate of drug-likeness (QED) is 0.246. The molecule has 200 valence electrons. The number of hydrogen-bond donors (Lipinski definition) is 2. The number of carbonyl (C=O) groups excluding carboxylic acids is 1. The minimum atomic E-state index is -0.202. The molecule has 1 amide bonds. The van der Waals surface area contributed by atoms with Crippen LogP contribution in [0.5, 0.6) is 5.75 Å². The monoisotopic (exact) mass is 559 g/mol. The fourth-order valence-corrected chi connectivity index (χ4v) is 5.75. The minimum Gasteiger partial charge on any atom is -0.494 e. The first-order valence-corrected chi connectivity index (χ1v) is 13.5. The maximum absolute atomic E-state index is 12.1. The second-order valence-corrected chi connectivity index (χ2v) is 10.2. The molecule has 9 heteroatoms. The van der Waals surface area contributed by atoms with Crippen LogP contribution in [0.25, 0.3) is 5.69 Å². The van der Waals surface area contributed by atoms with Gasteiger partial charge in [-0.05, 0) is 80.2 Å². The van der Waals surface area contributed by atoms with E-state index in [1.807, 2.05) is 61.5 Å². The van der Waals surface area contributed by atoms with Gasteiger partial charge in [-0.2, -0.15) is 0 Å². The number of anilines is 2. The normalized spacial score (nSPS) is 16.7. The van der Waals surface area contributed by atoms with Gasteiger partial charge in [-0.25, -0.2) is 0 Å². The predicted molar refractivity (Wildman–Crippen MR) is 160 cm³/mol. The lowest BCUT2D eigenvalue weighted by atomic mass is 9.96. The van der Waals surface area contributed by atoms with Crippen LogP contribution in [-0.4, -0.2) is 27.7 Å². The van der Waals surface area contributed by atoms with Gasteiger partial charge >= 0.3 is 0 Å². The number of rotatable bonds is 7. The van der Waals surface area contributed by atoms with E-state index in [2.05, 4.69) is 51.1 Å². The molecule has 2 aromatic heterocycles. The number of aromatic nitrogens is 2. The van der Waals surface area contributed by atoms with Crippen LogP contribution >= 0.6 is 23.8 Å². The molecule has 2 aromatic carbocycles. The van der Waals surface area contributed by atoms with E-state index < -0.39 is 0 Å². The number of halogens is 1. The van der Waals surface area contributed by atoms with Gasteiger partial charge in [0, 0.05) is 46.5 Å². The van der Waals surface area contributed by atoms with Crippen LogP contribution in [0.3, 0.4) is 0 Å². The molecule has 4 aromatic rings. The van der Waals surface area contributed by atoms with Crippen molar-refractivity contribution in [2.75, 3.05) is 17.3 Å². The summed E-state index contributed by atoms with van der Waals surface area (Å²) in [6, 6.07) is 21.3. The van der Waals surface area contributed by atoms with Gasteiger partial charge in [0.1, 0.15) is 5.75 Å². The number of ether oxygens (including phenoxy) is 1. The van der Waals surface area contributed by atoms with Crippen LogP contribution in [0, 0.1) is 13.8 Å². The van der Waals surface area contributed by atoms with Gasteiger partial charge in [0.05, 0.1) is 30.6 Å². The molecule has 0 unspecified atom stereocenters. The summed E-state index contributed by atoms with van der Waals surface area (Å²) in [6.45, 7) is 6.02. The smallest absolute Gasteiger partial charge is 0.224 e. The first kappa shape index (κ1) is 26.7. The number of nitrogens with zero attached hydrogens (tertiary/aromatic N) is 3. The van der Waals surface area contributed by atoms with Crippen molar-refractivity contribution in [1.82, 2.24) is 14.9 Å². The molecule has 5 rings (SSSR count). The Morgan fingerprint density at radius 2 is 1.92 bits per heavy atom. The summed E-state index contributed by atoms with van der Waals surface area (Å²) in [5.74, 6) is 0.475. The van der Waals surface area contributed by atoms with Gasteiger partial charge in [0.2, 0.25) is 5.91 Å². The molecule has 3 heterocycles. The van der Waals surface area contributed by atoms with E-state index in [0.29, 0.717) is 28.0 Å². The zero-order valence-corrected chi connectivity index (χ0v) is 23.8. The van der Waals surface area contributed by atoms with Crippen molar-refractivity contribution in [3.05, 3.63) is 101 Å². The summed E-state index contributed by atoms with van der Waals surface area (Å²) in [5.41, 5.74) is 6.61. The summed E-state index contributed by atoms with van der Waals surface area (Å²) < 4.78 is 7.87. The number of carbonyl (C=O) groups is 1. The molecular formula is C30H30ClN5O2S. The third-order valence-electron chi connectivity index (χ3n) is 7.01. The first-order valence-electron chi connectivity index (χ1n) is 12.8. The lowest BCUT2D eigenvalue weighted by molar-refractivity contribution is -0.115. The number of nitrogens with one attached hydrogen (secondary N) is 2. The molecule has 7 nitrogen and oxygen atoms in total. The Bertz CT molecular complexity index is 1540. The topological polar surface area (TPSA) is 71.4 Å². The van der Waals surface area contributed by atoms with Crippen molar-refractivity contribution in [1.29, 1.82) is 0 Å². The summed E-state index contributed by atoms with van der Waals surface area (Å²) >= 11 is 12.3. The van der Waals surface area contributed by atoms with E-state index >= 15 is 0 Å². The number of amides is 1. The number of hydrogen-bond acceptors (Lipinski definition) is 4. The summed E-state index contributed by atoms with van der Waals surface area (Å²) in [6.07, 6.45) is 2.17. The minimum absolute atomic E-state index is 0.0824. The molecule has 1 aliphatic heterocycles. The highest BCUT2D eigenvalue weighted by molar-refractivity contribution is 7.80. The number of pyridine rings is 1. The van der Waals surface area contributed by atoms with Crippen LogP contribution in [0.1, 0.15) is 48.1 Å². The van der Waals surface area contributed by atoms with E-state index in [1.54, 1.807) is 13.3 Å². The van der Waals surface area contributed by atoms with Gasteiger partial charge in [-0.3, -0.25) is 9.78 Å². The lowest BCUT2D eigenvalue weighted by Gasteiger charge is -2.29. The van der Waals surface area contributed by atoms with Crippen LogP contribution in [-0.2, 0) is 4.79 Å². The van der Waals surface area contributed by atoms with E-state index in [1.165, 1.54) is 0 Å². The Hall–Kier alpha value is -3.88. The number of thiocarbonyl (C=S) groups is 1. The number of aryl methyl sites for hydroxylation is 1. The van der Waals surface area contributed by atoms with Crippen molar-refractivity contribution >= 4 is 46.2 Å². The molecule has 0 bridgehead atoms. The average molecular weight is 560 g/mol. The Labute approximate surface area is 238 Å². The predicted octanol–water partition coefficient (Wildman–Crippen LogP) is 6.68. The van der Waals surface area contributed by atoms with E-state index in [0.717, 1.165) is 34.0 Å². The van der Waals surface area contributed by atoms with Crippen molar-refractivity contribution in [3.8, 4) is 11.4 Å². The van der Waals surface area contributed by atoms with Crippen molar-refractivity contribution in [2.24, 2.45) is 0 Å². The highest BCUT2D eigenvalue weighted by Crippen LogP contribution is 2.45. The van der Waals surface area contributed by atoms with E-state index in [-0.39, 0.29) is 18.0 Å². The van der Waals surface area contributed by atoms with Gasteiger partial charge in [-0.1, -0.05) is 30.7 Å². The Balaban J connectivity index is 1.65. The number of benzene rings is 2. The molecule has 0 aliphatic carbocycles. The van der Waals surface area contributed by atoms with Crippen LogP contribution in [0.15, 0.2) is 72.9 Å². The maximum Gasteiger partial charge on any atom is 0.224 e. The zero-order chi connectivity index (χ0) is 27.7. The van der Waals surface area contributed by atoms with Crippen molar-refractivity contribution in [3.63, 3.8) is 0 Å². The number of methoxy groups -OCH3 is 1. The molecule has 0 saturated carbocycles. The van der Waals surface area contributed by atoms with E-state index in [9.17, 15) is 4.79 Å². The van der Waals surface area contributed by atoms with E-state index in [4.69, 9.17) is 28.6 Å². The first-order chi connectivity index (χ1) is 18.8. The molecular weight excluding hydrogens is 530 g/mol. The van der Waals surface area contributed by atoms with Crippen molar-refractivity contribution < 1.29 is 9.53 Å². The zero-order valence-electron chi connectivity index (χ0n) is 22.2. The maximum atomic E-state index is 12.1. The molecule has 0 spiro atoms. The highest BCUT2D eigenvalue weighted by atomic mass is 35.5. The second-order valence-electron chi connectivity index (χ2n) is 9.42. The third kappa shape index (κ3) is 5.10. The molecule has 2 atom stereocenters. The second kappa shape index (κ2) is 11.1. The van der Waals surface area contributed by atoms with Crippen molar-refractivity contribution in [2.45, 2.75) is 39.3 Å². The SMILES string of the molecule is CCC(=O)Nc1ccc(N2C(=S)N[C@H](c3ccccn3)[C@@H]2c2cc(C)n(-c3cccc(Cl)c3)c2C)cc1OC. The summed E-state index contributed by atoms with van der Waals surface area (Å²) in [7, 11) is 1.59. The Morgan fingerprint density at radius 3 is 2.62 bits per heavy atom.